The molecule has 18 heavy (non-hydrogen) atoms. The predicted molar refractivity (Wildman–Crippen MR) is 72.9 cm³/mol. The Bertz CT molecular complexity index is 538. The molecule has 0 saturated carbocycles. The summed E-state index contributed by atoms with van der Waals surface area (Å²) in [5.74, 6) is -0.0722. The summed E-state index contributed by atoms with van der Waals surface area (Å²) >= 11 is 0. The molecule has 1 aromatic carbocycles. The van der Waals surface area contributed by atoms with E-state index in [9.17, 15) is 4.79 Å². The van der Waals surface area contributed by atoms with Gasteiger partial charge in [-0.2, -0.15) is 0 Å². The minimum absolute atomic E-state index is 0.0722. The minimum atomic E-state index is -0.0722. The summed E-state index contributed by atoms with van der Waals surface area (Å²) < 4.78 is 2.00. The molecular weight excluding hydrogens is 224 g/mol. The van der Waals surface area contributed by atoms with Gasteiger partial charge in [-0.3, -0.25) is 4.79 Å². The molecule has 0 unspecified atom stereocenters. The van der Waals surface area contributed by atoms with Gasteiger partial charge in [-0.15, -0.1) is 0 Å². The first-order valence-electron chi connectivity index (χ1n) is 5.83. The van der Waals surface area contributed by atoms with Crippen LogP contribution in [0.2, 0.25) is 0 Å². The zero-order valence-corrected chi connectivity index (χ0v) is 10.4. The van der Waals surface area contributed by atoms with Crippen LogP contribution in [0, 0.1) is 0 Å². The molecule has 3 heteroatoms. The van der Waals surface area contributed by atoms with Crippen LogP contribution < -0.4 is 5.32 Å². The van der Waals surface area contributed by atoms with E-state index in [0.717, 1.165) is 11.3 Å². The molecule has 1 heterocycles. The van der Waals surface area contributed by atoms with Crippen LogP contribution >= 0.6 is 0 Å². The van der Waals surface area contributed by atoms with E-state index in [1.165, 1.54) is 0 Å². The summed E-state index contributed by atoms with van der Waals surface area (Å²) in [6.07, 6.45) is 3.94. The molecular formula is C15H16N2O. The molecule has 1 aromatic heterocycles. The van der Waals surface area contributed by atoms with Crippen LogP contribution in [-0.4, -0.2) is 17.0 Å². The second-order valence-corrected chi connectivity index (χ2v) is 4.28. The second kappa shape index (κ2) is 5.36. The number of hydrogen-bond acceptors (Lipinski definition) is 1. The number of nitrogens with zero attached hydrogens (tertiary/aromatic N) is 1. The van der Waals surface area contributed by atoms with Crippen molar-refractivity contribution in [3.8, 4) is 5.69 Å². The van der Waals surface area contributed by atoms with Gasteiger partial charge >= 0.3 is 0 Å². The lowest BCUT2D eigenvalue weighted by Gasteiger charge is -2.06. The van der Waals surface area contributed by atoms with Gasteiger partial charge in [0.05, 0.1) is 0 Å². The average Bonchev–Trinajstić information content (AvgIpc) is 2.90. The van der Waals surface area contributed by atoms with Crippen LogP contribution in [-0.2, 0) is 0 Å². The normalized spacial score (nSPS) is 10.1. The molecule has 2 rings (SSSR count). The third kappa shape index (κ3) is 2.88. The summed E-state index contributed by atoms with van der Waals surface area (Å²) in [6.45, 7) is 6.15. The number of benzene rings is 1. The SMILES string of the molecule is C=C(C)CNC(=O)c1ccc(-n2cccc2)cc1. The Hall–Kier alpha value is -2.29. The highest BCUT2D eigenvalue weighted by Crippen LogP contribution is 2.10. The maximum atomic E-state index is 11.8. The first-order chi connectivity index (χ1) is 8.66. The lowest BCUT2D eigenvalue weighted by atomic mass is 10.2. The third-order valence-electron chi connectivity index (χ3n) is 2.58. The summed E-state index contributed by atoms with van der Waals surface area (Å²) in [7, 11) is 0. The van der Waals surface area contributed by atoms with E-state index in [1.807, 2.05) is 60.3 Å². The molecule has 3 nitrogen and oxygen atoms in total. The van der Waals surface area contributed by atoms with Gasteiger partial charge in [0, 0.05) is 30.2 Å². The Morgan fingerprint density at radius 1 is 1.22 bits per heavy atom. The topological polar surface area (TPSA) is 34.0 Å². The van der Waals surface area contributed by atoms with Crippen LogP contribution in [0.1, 0.15) is 17.3 Å². The Morgan fingerprint density at radius 2 is 1.83 bits per heavy atom. The summed E-state index contributed by atoms with van der Waals surface area (Å²) in [5.41, 5.74) is 2.64. The standard InChI is InChI=1S/C15H16N2O/c1-12(2)11-16-15(18)13-5-7-14(8-6-13)17-9-3-4-10-17/h3-10H,1,11H2,2H3,(H,16,18). The Labute approximate surface area is 107 Å². The van der Waals surface area contributed by atoms with Crippen LogP contribution in [0.25, 0.3) is 5.69 Å². The van der Waals surface area contributed by atoms with Crippen molar-refractivity contribution in [1.82, 2.24) is 9.88 Å². The molecule has 92 valence electrons. The summed E-state index contributed by atoms with van der Waals surface area (Å²) in [5, 5.41) is 2.81. The number of amides is 1. The first-order valence-corrected chi connectivity index (χ1v) is 5.83. The van der Waals surface area contributed by atoms with Gasteiger partial charge < -0.3 is 9.88 Å². The maximum absolute atomic E-state index is 11.8. The molecule has 0 radical (unpaired) electrons. The van der Waals surface area contributed by atoms with Gasteiger partial charge in [-0.1, -0.05) is 12.2 Å². The van der Waals surface area contributed by atoms with Gasteiger partial charge in [-0.05, 0) is 43.3 Å². The van der Waals surface area contributed by atoms with Crippen molar-refractivity contribution < 1.29 is 4.79 Å². The molecule has 0 bridgehead atoms. The molecule has 0 aliphatic heterocycles. The minimum Gasteiger partial charge on any atom is -0.348 e. The molecule has 0 aliphatic carbocycles. The number of rotatable bonds is 4. The van der Waals surface area contributed by atoms with E-state index in [0.29, 0.717) is 12.1 Å². The van der Waals surface area contributed by atoms with Gasteiger partial charge in [0.1, 0.15) is 0 Å². The fraction of sp³-hybridized carbons (Fsp3) is 0.133. The lowest BCUT2D eigenvalue weighted by molar-refractivity contribution is 0.0957. The highest BCUT2D eigenvalue weighted by atomic mass is 16.1. The van der Waals surface area contributed by atoms with Gasteiger partial charge in [0.25, 0.3) is 5.91 Å². The second-order valence-electron chi connectivity index (χ2n) is 4.28. The van der Waals surface area contributed by atoms with Crippen molar-refractivity contribution >= 4 is 5.91 Å². The number of carbonyl (C=O) groups excluding carboxylic acids is 1. The van der Waals surface area contributed by atoms with Crippen molar-refractivity contribution in [2.75, 3.05) is 6.54 Å². The smallest absolute Gasteiger partial charge is 0.251 e. The fourth-order valence-electron chi connectivity index (χ4n) is 1.62. The van der Waals surface area contributed by atoms with Crippen molar-refractivity contribution in [2.45, 2.75) is 6.92 Å². The number of aromatic nitrogens is 1. The van der Waals surface area contributed by atoms with Crippen LogP contribution in [0.3, 0.4) is 0 Å². The van der Waals surface area contributed by atoms with E-state index >= 15 is 0 Å². The molecule has 0 fully saturated rings. The van der Waals surface area contributed by atoms with E-state index in [-0.39, 0.29) is 5.91 Å². The monoisotopic (exact) mass is 240 g/mol. The molecule has 0 spiro atoms. The molecule has 1 N–H and O–H groups in total. The molecule has 0 saturated heterocycles. The zero-order valence-electron chi connectivity index (χ0n) is 10.4. The van der Waals surface area contributed by atoms with Crippen molar-refractivity contribution in [3.63, 3.8) is 0 Å². The Kier molecular flexibility index (Phi) is 3.63. The first kappa shape index (κ1) is 12.2. The van der Waals surface area contributed by atoms with E-state index < -0.39 is 0 Å². The van der Waals surface area contributed by atoms with E-state index in [1.54, 1.807) is 0 Å². The van der Waals surface area contributed by atoms with Crippen molar-refractivity contribution in [2.24, 2.45) is 0 Å². The maximum Gasteiger partial charge on any atom is 0.251 e. The van der Waals surface area contributed by atoms with E-state index in [2.05, 4.69) is 11.9 Å². The van der Waals surface area contributed by atoms with Crippen LogP contribution in [0.15, 0.2) is 60.9 Å². The predicted octanol–water partition coefficient (Wildman–Crippen LogP) is 2.78. The zero-order chi connectivity index (χ0) is 13.0. The van der Waals surface area contributed by atoms with Gasteiger partial charge in [0.2, 0.25) is 0 Å². The fourth-order valence-corrected chi connectivity index (χ4v) is 1.62. The Balaban J connectivity index is 2.08. The largest absolute Gasteiger partial charge is 0.348 e. The molecule has 0 aliphatic rings. The van der Waals surface area contributed by atoms with Crippen molar-refractivity contribution in [1.29, 1.82) is 0 Å². The van der Waals surface area contributed by atoms with Crippen molar-refractivity contribution in [3.05, 3.63) is 66.5 Å². The molecule has 0 atom stereocenters. The third-order valence-corrected chi connectivity index (χ3v) is 2.58. The number of carbonyl (C=O) groups is 1. The number of nitrogens with one attached hydrogen (secondary N) is 1. The highest BCUT2D eigenvalue weighted by Gasteiger charge is 2.04. The van der Waals surface area contributed by atoms with Gasteiger partial charge in [0.15, 0.2) is 0 Å². The highest BCUT2D eigenvalue weighted by molar-refractivity contribution is 5.94. The Morgan fingerprint density at radius 3 is 2.39 bits per heavy atom. The quantitative estimate of drug-likeness (QED) is 0.819. The summed E-state index contributed by atoms with van der Waals surface area (Å²) in [4.78, 5) is 11.8. The van der Waals surface area contributed by atoms with Crippen LogP contribution in [0.5, 0.6) is 0 Å². The lowest BCUT2D eigenvalue weighted by Crippen LogP contribution is -2.24. The van der Waals surface area contributed by atoms with Gasteiger partial charge in [-0.25, -0.2) is 0 Å². The average molecular weight is 240 g/mol. The van der Waals surface area contributed by atoms with Crippen LogP contribution in [0.4, 0.5) is 0 Å². The summed E-state index contributed by atoms with van der Waals surface area (Å²) in [6, 6.07) is 11.4. The number of hydrogen-bond donors (Lipinski definition) is 1. The molecule has 2 aromatic rings. The van der Waals surface area contributed by atoms with E-state index in [4.69, 9.17) is 0 Å². The molecule has 1 amide bonds.